The molecule has 126 valence electrons. The molecule has 2 fully saturated rings. The summed E-state index contributed by atoms with van der Waals surface area (Å²) in [7, 11) is -3.14. The largest absolute Gasteiger partial charge is 0.314 e. The molecule has 2 heterocycles. The van der Waals surface area contributed by atoms with Gasteiger partial charge in [-0.3, -0.25) is 4.79 Å². The first-order valence-corrected chi connectivity index (χ1v) is 10.8. The average molecular weight is 449 g/mol. The molecule has 1 aromatic carbocycles. The molecule has 24 heavy (non-hydrogen) atoms. The van der Waals surface area contributed by atoms with Crippen LogP contribution in [0, 0.1) is 11.3 Å². The number of anilines is 1. The third kappa shape index (κ3) is 3.47. The highest BCUT2D eigenvalue weighted by molar-refractivity contribution is 9.10. The zero-order valence-corrected chi connectivity index (χ0v) is 16.1. The molecular formula is C14H11BrClN3O3S2. The number of fused-ring (bicyclic) bond motifs is 1. The van der Waals surface area contributed by atoms with Crippen molar-refractivity contribution < 1.29 is 13.2 Å². The quantitative estimate of drug-likeness (QED) is 0.691. The van der Waals surface area contributed by atoms with E-state index in [1.54, 1.807) is 29.2 Å². The number of rotatable bonds is 2. The number of aliphatic imine (C=N–C) groups is 1. The van der Waals surface area contributed by atoms with Gasteiger partial charge in [-0.15, -0.1) is 0 Å². The van der Waals surface area contributed by atoms with Crippen LogP contribution in [-0.2, 0) is 14.6 Å². The van der Waals surface area contributed by atoms with Crippen LogP contribution in [0.15, 0.2) is 27.7 Å². The van der Waals surface area contributed by atoms with Crippen molar-refractivity contribution in [1.82, 2.24) is 0 Å². The molecule has 3 rings (SSSR count). The molecule has 0 aromatic heterocycles. The number of benzene rings is 1. The molecule has 1 amide bonds. The Morgan fingerprint density at radius 3 is 2.92 bits per heavy atom. The second-order valence-electron chi connectivity index (χ2n) is 5.39. The fourth-order valence-corrected chi connectivity index (χ4v) is 7.43. The number of sulfone groups is 1. The Kier molecular flexibility index (Phi) is 4.93. The molecule has 0 unspecified atom stereocenters. The molecule has 2 aliphatic rings. The molecule has 0 aliphatic carbocycles. The van der Waals surface area contributed by atoms with Gasteiger partial charge < -0.3 is 4.90 Å². The van der Waals surface area contributed by atoms with Gasteiger partial charge in [0.1, 0.15) is 6.42 Å². The third-order valence-corrected chi connectivity index (χ3v) is 7.69. The summed E-state index contributed by atoms with van der Waals surface area (Å²) in [5.74, 6) is -0.526. The van der Waals surface area contributed by atoms with Crippen LogP contribution in [0.2, 0.25) is 5.02 Å². The number of amides is 1. The topological polar surface area (TPSA) is 90.6 Å². The summed E-state index contributed by atoms with van der Waals surface area (Å²) in [5.41, 5.74) is 0.598. The van der Waals surface area contributed by atoms with Crippen molar-refractivity contribution in [1.29, 1.82) is 5.26 Å². The van der Waals surface area contributed by atoms with Gasteiger partial charge in [0.25, 0.3) is 5.91 Å². The first-order chi connectivity index (χ1) is 11.3. The summed E-state index contributed by atoms with van der Waals surface area (Å²) in [6.45, 7) is 0. The molecule has 0 spiro atoms. The second kappa shape index (κ2) is 6.67. The Bertz CT molecular complexity index is 882. The molecule has 1 aromatic rings. The van der Waals surface area contributed by atoms with E-state index in [1.807, 2.05) is 0 Å². The van der Waals surface area contributed by atoms with Gasteiger partial charge in [0, 0.05) is 9.72 Å². The molecule has 2 aliphatic heterocycles. The van der Waals surface area contributed by atoms with Crippen molar-refractivity contribution in [3.8, 4) is 6.07 Å². The highest BCUT2D eigenvalue weighted by atomic mass is 79.9. The minimum Gasteiger partial charge on any atom is -0.314 e. The Morgan fingerprint density at radius 2 is 2.25 bits per heavy atom. The summed E-state index contributed by atoms with van der Waals surface area (Å²) < 4.78 is 24.7. The van der Waals surface area contributed by atoms with Crippen LogP contribution in [0.25, 0.3) is 0 Å². The van der Waals surface area contributed by atoms with E-state index < -0.39 is 15.7 Å². The van der Waals surface area contributed by atoms with Crippen LogP contribution < -0.4 is 4.90 Å². The Labute approximate surface area is 156 Å². The first-order valence-electron chi connectivity index (χ1n) is 6.90. The van der Waals surface area contributed by atoms with E-state index in [0.717, 1.165) is 4.47 Å². The van der Waals surface area contributed by atoms with Crippen molar-refractivity contribution in [2.24, 2.45) is 4.99 Å². The van der Waals surface area contributed by atoms with Crippen molar-refractivity contribution in [2.75, 3.05) is 16.4 Å². The Hall–Kier alpha value is -1.08. The SMILES string of the molecule is N#CCC(=O)N=C1S[C@@H]2CS(=O)(=O)C[C@H]2N1c1ccc(Br)cc1Cl. The fraction of sp³-hybridized carbons (Fsp3) is 0.357. The standard InChI is InChI=1S/C14H11BrClN3O3S2/c15-8-1-2-10(9(16)5-8)19-11-6-24(21,22)7-12(11)23-14(19)18-13(20)3-4-17/h1-2,5,11-12H,3,6-7H2/t11-,12-/m1/s1. The number of halogens is 2. The number of carbonyl (C=O) groups is 1. The van der Waals surface area contributed by atoms with Gasteiger partial charge in [-0.1, -0.05) is 39.3 Å². The van der Waals surface area contributed by atoms with Gasteiger partial charge in [-0.05, 0) is 18.2 Å². The van der Waals surface area contributed by atoms with Crippen LogP contribution in [0.4, 0.5) is 5.69 Å². The maximum absolute atomic E-state index is 12.0. The lowest BCUT2D eigenvalue weighted by Gasteiger charge is -2.25. The molecule has 0 N–H and O–H groups in total. The summed E-state index contributed by atoms with van der Waals surface area (Å²) in [4.78, 5) is 17.5. The second-order valence-corrected chi connectivity index (χ2v) is 10.1. The van der Waals surface area contributed by atoms with Crippen LogP contribution in [0.3, 0.4) is 0 Å². The van der Waals surface area contributed by atoms with Gasteiger partial charge in [0.2, 0.25) is 0 Å². The lowest BCUT2D eigenvalue weighted by Crippen LogP contribution is -2.37. The lowest BCUT2D eigenvalue weighted by molar-refractivity contribution is -0.116. The number of thioether (sulfide) groups is 1. The minimum absolute atomic E-state index is 0.0114. The predicted octanol–water partition coefficient (Wildman–Crippen LogP) is 2.62. The molecule has 0 radical (unpaired) electrons. The zero-order chi connectivity index (χ0) is 17.5. The van der Waals surface area contributed by atoms with E-state index in [1.165, 1.54) is 11.8 Å². The highest BCUT2D eigenvalue weighted by Crippen LogP contribution is 2.43. The first kappa shape index (κ1) is 17.7. The van der Waals surface area contributed by atoms with E-state index in [0.29, 0.717) is 15.9 Å². The summed E-state index contributed by atoms with van der Waals surface area (Å²) in [6.07, 6.45) is -0.320. The Balaban J connectivity index is 2.05. The van der Waals surface area contributed by atoms with Gasteiger partial charge in [-0.25, -0.2) is 8.42 Å². The minimum atomic E-state index is -3.14. The molecule has 2 atom stereocenters. The van der Waals surface area contributed by atoms with Crippen molar-refractivity contribution in [3.63, 3.8) is 0 Å². The summed E-state index contributed by atoms with van der Waals surface area (Å²) >= 11 is 10.9. The van der Waals surface area contributed by atoms with Gasteiger partial charge in [-0.2, -0.15) is 10.3 Å². The van der Waals surface area contributed by atoms with E-state index in [2.05, 4.69) is 20.9 Å². The number of nitriles is 1. The molecule has 0 bridgehead atoms. The zero-order valence-electron chi connectivity index (χ0n) is 12.1. The fourth-order valence-electron chi connectivity index (χ4n) is 2.74. The van der Waals surface area contributed by atoms with Crippen molar-refractivity contribution >= 4 is 65.9 Å². The van der Waals surface area contributed by atoms with E-state index >= 15 is 0 Å². The summed E-state index contributed by atoms with van der Waals surface area (Å²) in [6, 6.07) is 6.68. The van der Waals surface area contributed by atoms with E-state index in [4.69, 9.17) is 16.9 Å². The highest BCUT2D eigenvalue weighted by Gasteiger charge is 2.49. The predicted molar refractivity (Wildman–Crippen MR) is 98.1 cm³/mol. The number of hydrogen-bond acceptors (Lipinski definition) is 5. The van der Waals surface area contributed by atoms with Crippen LogP contribution in [0.5, 0.6) is 0 Å². The maximum atomic E-state index is 12.0. The number of carbonyl (C=O) groups excluding carboxylic acids is 1. The van der Waals surface area contributed by atoms with E-state index in [9.17, 15) is 13.2 Å². The molecule has 6 nitrogen and oxygen atoms in total. The maximum Gasteiger partial charge on any atom is 0.262 e. The lowest BCUT2D eigenvalue weighted by atomic mass is 10.2. The smallest absolute Gasteiger partial charge is 0.262 e. The molecule has 0 saturated carbocycles. The molecule has 10 heteroatoms. The van der Waals surface area contributed by atoms with Crippen LogP contribution >= 0.6 is 39.3 Å². The van der Waals surface area contributed by atoms with Gasteiger partial charge in [0.15, 0.2) is 15.0 Å². The normalized spacial score (nSPS) is 26.4. The molecule has 2 saturated heterocycles. The van der Waals surface area contributed by atoms with Crippen LogP contribution in [0.1, 0.15) is 6.42 Å². The van der Waals surface area contributed by atoms with Crippen molar-refractivity contribution in [3.05, 3.63) is 27.7 Å². The number of nitrogens with zero attached hydrogens (tertiary/aromatic N) is 3. The summed E-state index contributed by atoms with van der Waals surface area (Å²) in [5, 5.41) is 9.25. The Morgan fingerprint density at radius 1 is 1.50 bits per heavy atom. The third-order valence-electron chi connectivity index (χ3n) is 3.69. The molecular weight excluding hydrogens is 438 g/mol. The number of amidine groups is 1. The monoisotopic (exact) mass is 447 g/mol. The number of hydrogen-bond donors (Lipinski definition) is 0. The van der Waals surface area contributed by atoms with E-state index in [-0.39, 0.29) is 29.2 Å². The van der Waals surface area contributed by atoms with Gasteiger partial charge >= 0.3 is 0 Å². The van der Waals surface area contributed by atoms with Crippen molar-refractivity contribution in [2.45, 2.75) is 17.7 Å². The van der Waals surface area contributed by atoms with Crippen LogP contribution in [-0.4, -0.2) is 42.3 Å². The van der Waals surface area contributed by atoms with Gasteiger partial charge in [0.05, 0.1) is 34.3 Å². The average Bonchev–Trinajstić information content (AvgIpc) is 2.91.